The molecule has 0 fully saturated rings. The molecule has 0 atom stereocenters. The third-order valence-electron chi connectivity index (χ3n) is 5.16. The van der Waals surface area contributed by atoms with Crippen LogP contribution in [0.15, 0.2) is 54.7 Å². The zero-order valence-electron chi connectivity index (χ0n) is 16.9. The van der Waals surface area contributed by atoms with Crippen LogP contribution in [-0.2, 0) is 11.2 Å². The number of benzene rings is 2. The van der Waals surface area contributed by atoms with E-state index in [9.17, 15) is 4.79 Å². The first kappa shape index (κ1) is 20.1. The Bertz CT molecular complexity index is 918. The smallest absolute Gasteiger partial charge is 0.137 e. The van der Waals surface area contributed by atoms with E-state index < -0.39 is 0 Å². The Balaban J connectivity index is 1.90. The molecular formula is C25H29NO2. The number of Topliss-reactive ketones (excluding diaryl/α,β-unsaturated/α-hetero) is 1. The normalized spacial score (nSPS) is 10.9. The fourth-order valence-electron chi connectivity index (χ4n) is 3.65. The molecule has 1 heterocycles. The number of carbonyl (C=O) groups excluding carboxylic acids is 1. The van der Waals surface area contributed by atoms with Gasteiger partial charge >= 0.3 is 0 Å². The standard InChI is InChI=1S/C25H29NO2/c1-3-4-5-6-10-13-21(27)16-20-18-26-24-15-14-22(28-2)17-23(24)25(20)19-11-8-7-9-12-19/h7-9,11-12,14-15,17-18H,3-6,10,13,16H2,1-2H3. The van der Waals surface area contributed by atoms with Crippen LogP contribution in [0, 0.1) is 0 Å². The Labute approximate surface area is 167 Å². The highest BCUT2D eigenvalue weighted by molar-refractivity contribution is 5.98. The van der Waals surface area contributed by atoms with Gasteiger partial charge in [-0.1, -0.05) is 62.9 Å². The van der Waals surface area contributed by atoms with E-state index in [2.05, 4.69) is 24.0 Å². The van der Waals surface area contributed by atoms with Crippen LogP contribution < -0.4 is 4.74 Å². The van der Waals surface area contributed by atoms with Crippen molar-refractivity contribution >= 4 is 16.7 Å². The summed E-state index contributed by atoms with van der Waals surface area (Å²) in [5.41, 5.74) is 4.10. The van der Waals surface area contributed by atoms with Gasteiger partial charge in [0.05, 0.1) is 12.6 Å². The lowest BCUT2D eigenvalue weighted by Crippen LogP contribution is -2.05. The second-order valence-corrected chi connectivity index (χ2v) is 7.29. The van der Waals surface area contributed by atoms with E-state index in [4.69, 9.17) is 4.74 Å². The van der Waals surface area contributed by atoms with Crippen LogP contribution in [0.4, 0.5) is 0 Å². The molecule has 0 saturated heterocycles. The highest BCUT2D eigenvalue weighted by Gasteiger charge is 2.15. The van der Waals surface area contributed by atoms with E-state index in [1.165, 1.54) is 19.3 Å². The van der Waals surface area contributed by atoms with Crippen molar-refractivity contribution < 1.29 is 9.53 Å². The van der Waals surface area contributed by atoms with Gasteiger partial charge in [0.15, 0.2) is 0 Å². The minimum absolute atomic E-state index is 0.290. The number of rotatable bonds is 10. The number of fused-ring (bicyclic) bond motifs is 1. The zero-order chi connectivity index (χ0) is 19.8. The number of carbonyl (C=O) groups is 1. The fourth-order valence-corrected chi connectivity index (χ4v) is 3.65. The van der Waals surface area contributed by atoms with E-state index in [1.54, 1.807) is 7.11 Å². The number of hydrogen-bond acceptors (Lipinski definition) is 3. The summed E-state index contributed by atoms with van der Waals surface area (Å²) in [6.07, 6.45) is 8.75. The van der Waals surface area contributed by atoms with Crippen molar-refractivity contribution in [3.8, 4) is 16.9 Å². The van der Waals surface area contributed by atoms with Gasteiger partial charge in [0, 0.05) is 24.4 Å². The molecule has 0 amide bonds. The predicted molar refractivity (Wildman–Crippen MR) is 116 cm³/mol. The molecule has 0 radical (unpaired) electrons. The van der Waals surface area contributed by atoms with Gasteiger partial charge in [0.1, 0.15) is 11.5 Å². The fraction of sp³-hybridized carbons (Fsp3) is 0.360. The van der Waals surface area contributed by atoms with E-state index in [0.29, 0.717) is 12.8 Å². The van der Waals surface area contributed by atoms with Gasteiger partial charge in [-0.2, -0.15) is 0 Å². The average Bonchev–Trinajstić information content (AvgIpc) is 2.73. The van der Waals surface area contributed by atoms with E-state index in [0.717, 1.165) is 46.2 Å². The van der Waals surface area contributed by atoms with Crippen molar-refractivity contribution in [3.05, 3.63) is 60.3 Å². The van der Waals surface area contributed by atoms with Crippen molar-refractivity contribution in [2.45, 2.75) is 51.9 Å². The first-order chi connectivity index (χ1) is 13.7. The lowest BCUT2D eigenvalue weighted by Gasteiger charge is -2.14. The molecule has 0 aliphatic carbocycles. The second kappa shape index (κ2) is 10.0. The topological polar surface area (TPSA) is 39.2 Å². The lowest BCUT2D eigenvalue weighted by atomic mass is 9.93. The van der Waals surface area contributed by atoms with Gasteiger partial charge in [0.25, 0.3) is 0 Å². The number of unbranched alkanes of at least 4 members (excludes halogenated alkanes) is 4. The molecule has 1 aromatic heterocycles. The molecule has 28 heavy (non-hydrogen) atoms. The number of ketones is 1. The summed E-state index contributed by atoms with van der Waals surface area (Å²) in [6.45, 7) is 2.21. The van der Waals surface area contributed by atoms with E-state index in [-0.39, 0.29) is 5.78 Å². The SMILES string of the molecule is CCCCCCCC(=O)Cc1cnc2ccc(OC)cc2c1-c1ccccc1. The summed E-state index contributed by atoms with van der Waals surface area (Å²) in [7, 11) is 1.67. The molecule has 3 heteroatoms. The number of pyridine rings is 1. The van der Waals surface area contributed by atoms with Crippen molar-refractivity contribution in [2.75, 3.05) is 7.11 Å². The average molecular weight is 376 g/mol. The molecule has 0 spiro atoms. The minimum Gasteiger partial charge on any atom is -0.497 e. The summed E-state index contributed by atoms with van der Waals surface area (Å²) < 4.78 is 5.42. The van der Waals surface area contributed by atoms with Crippen LogP contribution in [0.25, 0.3) is 22.0 Å². The summed E-state index contributed by atoms with van der Waals surface area (Å²) in [6, 6.07) is 16.2. The first-order valence-electron chi connectivity index (χ1n) is 10.3. The maximum Gasteiger partial charge on any atom is 0.137 e. The zero-order valence-corrected chi connectivity index (χ0v) is 16.9. The minimum atomic E-state index is 0.290. The molecule has 146 valence electrons. The molecule has 2 aromatic carbocycles. The van der Waals surface area contributed by atoms with Crippen molar-refractivity contribution in [2.24, 2.45) is 0 Å². The Morgan fingerprint density at radius 3 is 2.54 bits per heavy atom. The summed E-state index contributed by atoms with van der Waals surface area (Å²) in [5, 5.41) is 1.03. The van der Waals surface area contributed by atoms with E-state index in [1.807, 2.05) is 42.6 Å². The third-order valence-corrected chi connectivity index (χ3v) is 5.16. The Hall–Kier alpha value is -2.68. The Morgan fingerprint density at radius 1 is 1.00 bits per heavy atom. The van der Waals surface area contributed by atoms with Crippen LogP contribution >= 0.6 is 0 Å². The van der Waals surface area contributed by atoms with Crippen LogP contribution in [-0.4, -0.2) is 17.9 Å². The Kier molecular flexibility index (Phi) is 7.18. The molecule has 3 nitrogen and oxygen atoms in total. The van der Waals surface area contributed by atoms with Crippen molar-refractivity contribution in [1.29, 1.82) is 0 Å². The molecule has 0 aliphatic rings. The first-order valence-corrected chi connectivity index (χ1v) is 10.3. The third kappa shape index (κ3) is 4.98. The highest BCUT2D eigenvalue weighted by atomic mass is 16.5. The largest absolute Gasteiger partial charge is 0.497 e. The predicted octanol–water partition coefficient (Wildman–Crippen LogP) is 6.38. The van der Waals surface area contributed by atoms with Gasteiger partial charge < -0.3 is 4.74 Å². The number of hydrogen-bond donors (Lipinski definition) is 0. The van der Waals surface area contributed by atoms with Crippen LogP contribution in [0.5, 0.6) is 5.75 Å². The van der Waals surface area contributed by atoms with Gasteiger partial charge in [-0.15, -0.1) is 0 Å². The van der Waals surface area contributed by atoms with Crippen LogP contribution in [0.1, 0.15) is 51.0 Å². The lowest BCUT2D eigenvalue weighted by molar-refractivity contribution is -0.118. The summed E-state index contributed by atoms with van der Waals surface area (Å²) >= 11 is 0. The molecular weight excluding hydrogens is 346 g/mol. The molecule has 0 bridgehead atoms. The highest BCUT2D eigenvalue weighted by Crippen LogP contribution is 2.33. The quantitative estimate of drug-likeness (QED) is 0.386. The molecule has 0 unspecified atom stereocenters. The van der Waals surface area contributed by atoms with Crippen molar-refractivity contribution in [1.82, 2.24) is 4.98 Å². The van der Waals surface area contributed by atoms with E-state index >= 15 is 0 Å². The van der Waals surface area contributed by atoms with Gasteiger partial charge in [-0.25, -0.2) is 0 Å². The van der Waals surface area contributed by atoms with Gasteiger partial charge in [-0.3, -0.25) is 9.78 Å². The Morgan fingerprint density at radius 2 is 1.79 bits per heavy atom. The molecule has 0 N–H and O–H groups in total. The maximum absolute atomic E-state index is 12.6. The summed E-state index contributed by atoms with van der Waals surface area (Å²) in [5.74, 6) is 1.09. The number of methoxy groups -OCH3 is 1. The summed E-state index contributed by atoms with van der Waals surface area (Å²) in [4.78, 5) is 17.2. The monoisotopic (exact) mass is 375 g/mol. The molecule has 0 aliphatic heterocycles. The molecule has 3 aromatic rings. The second-order valence-electron chi connectivity index (χ2n) is 7.29. The number of nitrogens with zero attached hydrogens (tertiary/aromatic N) is 1. The molecule has 3 rings (SSSR count). The van der Waals surface area contributed by atoms with Crippen LogP contribution in [0.2, 0.25) is 0 Å². The maximum atomic E-state index is 12.6. The van der Waals surface area contributed by atoms with Crippen molar-refractivity contribution in [3.63, 3.8) is 0 Å². The number of ether oxygens (including phenoxy) is 1. The molecule has 0 saturated carbocycles. The van der Waals surface area contributed by atoms with Gasteiger partial charge in [0.2, 0.25) is 0 Å². The number of aromatic nitrogens is 1. The van der Waals surface area contributed by atoms with Crippen LogP contribution in [0.3, 0.4) is 0 Å². The van der Waals surface area contributed by atoms with Gasteiger partial charge in [-0.05, 0) is 41.3 Å².